The SMILES string of the molecule is CCCCCCCCC(C(=O)Nc1cccc2ccnnc12)C(CS)CCCC. The standard InChI is InChI=1S/C24H37N3OS/c1-3-5-7-8-9-10-14-21(20(18-29)12-6-4-2)24(28)26-22-15-11-13-19-16-17-25-27-23(19)22/h11,13,15-17,20-21,29H,3-10,12,14,18H2,1-2H3,(H,26,28). The van der Waals surface area contributed by atoms with Gasteiger partial charge in [0.2, 0.25) is 5.91 Å². The fourth-order valence-electron chi connectivity index (χ4n) is 3.95. The number of hydrogen-bond donors (Lipinski definition) is 2. The minimum atomic E-state index is -0.00264. The maximum atomic E-state index is 13.3. The van der Waals surface area contributed by atoms with Gasteiger partial charge in [0.15, 0.2) is 0 Å². The molecule has 1 heterocycles. The van der Waals surface area contributed by atoms with E-state index in [1.54, 1.807) is 6.20 Å². The van der Waals surface area contributed by atoms with E-state index in [9.17, 15) is 4.79 Å². The Morgan fingerprint density at radius 3 is 2.52 bits per heavy atom. The van der Waals surface area contributed by atoms with Gasteiger partial charge >= 0.3 is 0 Å². The van der Waals surface area contributed by atoms with Crippen molar-refractivity contribution in [2.45, 2.75) is 78.1 Å². The van der Waals surface area contributed by atoms with E-state index in [0.717, 1.165) is 54.4 Å². The van der Waals surface area contributed by atoms with Crippen LogP contribution in [-0.2, 0) is 4.79 Å². The zero-order valence-corrected chi connectivity index (χ0v) is 19.0. The first-order valence-corrected chi connectivity index (χ1v) is 12.0. The lowest BCUT2D eigenvalue weighted by atomic mass is 9.84. The predicted molar refractivity (Wildman–Crippen MR) is 127 cm³/mol. The number of benzene rings is 1. The molecule has 0 fully saturated rings. The lowest BCUT2D eigenvalue weighted by molar-refractivity contribution is -0.121. The summed E-state index contributed by atoms with van der Waals surface area (Å²) in [6.07, 6.45) is 13.4. The van der Waals surface area contributed by atoms with Gasteiger partial charge in [0.05, 0.1) is 11.9 Å². The van der Waals surface area contributed by atoms with E-state index in [0.29, 0.717) is 5.92 Å². The van der Waals surface area contributed by atoms with Crippen molar-refractivity contribution in [3.8, 4) is 0 Å². The van der Waals surface area contributed by atoms with E-state index < -0.39 is 0 Å². The number of thiol groups is 1. The molecule has 2 atom stereocenters. The first kappa shape index (κ1) is 23.7. The summed E-state index contributed by atoms with van der Waals surface area (Å²) in [6.45, 7) is 4.44. The van der Waals surface area contributed by atoms with Gasteiger partial charge < -0.3 is 5.32 Å². The average molecular weight is 416 g/mol. The summed E-state index contributed by atoms with van der Waals surface area (Å²) < 4.78 is 0. The number of hydrogen-bond acceptors (Lipinski definition) is 4. The second-order valence-electron chi connectivity index (χ2n) is 8.01. The van der Waals surface area contributed by atoms with E-state index in [2.05, 4.69) is 42.0 Å². The molecule has 1 N–H and O–H groups in total. The van der Waals surface area contributed by atoms with E-state index >= 15 is 0 Å². The number of unbranched alkanes of at least 4 members (excludes halogenated alkanes) is 6. The minimum absolute atomic E-state index is 0.00264. The van der Waals surface area contributed by atoms with Crippen LogP contribution in [0.4, 0.5) is 5.69 Å². The lowest BCUT2D eigenvalue weighted by Gasteiger charge is -2.25. The third-order valence-electron chi connectivity index (χ3n) is 5.74. The van der Waals surface area contributed by atoms with Crippen LogP contribution in [0.3, 0.4) is 0 Å². The third kappa shape index (κ3) is 7.61. The first-order valence-electron chi connectivity index (χ1n) is 11.3. The number of aromatic nitrogens is 2. The molecule has 2 aromatic rings. The van der Waals surface area contributed by atoms with Crippen molar-refractivity contribution < 1.29 is 4.79 Å². The van der Waals surface area contributed by atoms with Crippen molar-refractivity contribution in [3.63, 3.8) is 0 Å². The zero-order valence-electron chi connectivity index (χ0n) is 18.1. The summed E-state index contributed by atoms with van der Waals surface area (Å²) in [7, 11) is 0. The Bertz CT molecular complexity index is 732. The number of amides is 1. The molecule has 0 aliphatic rings. The Morgan fingerprint density at radius 1 is 1.00 bits per heavy atom. The number of anilines is 1. The van der Waals surface area contributed by atoms with E-state index in [1.165, 1.54) is 32.1 Å². The molecule has 5 heteroatoms. The second-order valence-corrected chi connectivity index (χ2v) is 8.38. The number of nitrogens with zero attached hydrogens (tertiary/aromatic N) is 2. The molecule has 2 unspecified atom stereocenters. The Hall–Kier alpha value is -1.62. The molecule has 4 nitrogen and oxygen atoms in total. The first-order chi connectivity index (χ1) is 14.2. The second kappa shape index (κ2) is 13.6. The van der Waals surface area contributed by atoms with Crippen LogP contribution in [0.2, 0.25) is 0 Å². The Kier molecular flexibility index (Phi) is 11.1. The van der Waals surface area contributed by atoms with Crippen molar-refractivity contribution >= 4 is 35.1 Å². The summed E-state index contributed by atoms with van der Waals surface area (Å²) in [5.41, 5.74) is 1.50. The maximum Gasteiger partial charge on any atom is 0.227 e. The Balaban J connectivity index is 2.07. The highest BCUT2D eigenvalue weighted by Crippen LogP contribution is 2.28. The molecule has 0 radical (unpaired) electrons. The van der Waals surface area contributed by atoms with Gasteiger partial charge in [-0.1, -0.05) is 77.3 Å². The average Bonchev–Trinajstić information content (AvgIpc) is 2.75. The van der Waals surface area contributed by atoms with Crippen molar-refractivity contribution in [3.05, 3.63) is 30.5 Å². The number of nitrogens with one attached hydrogen (secondary N) is 1. The van der Waals surface area contributed by atoms with Gasteiger partial charge in [0, 0.05) is 11.3 Å². The quantitative estimate of drug-likeness (QED) is 0.267. The monoisotopic (exact) mass is 415 g/mol. The van der Waals surface area contributed by atoms with Crippen LogP contribution in [0.25, 0.3) is 10.9 Å². The van der Waals surface area contributed by atoms with Crippen molar-refractivity contribution in [2.75, 3.05) is 11.1 Å². The molecule has 160 valence electrons. The number of carbonyl (C=O) groups is 1. The van der Waals surface area contributed by atoms with Crippen LogP contribution in [0, 0.1) is 11.8 Å². The molecule has 0 aliphatic carbocycles. The Morgan fingerprint density at radius 2 is 1.76 bits per heavy atom. The highest BCUT2D eigenvalue weighted by Gasteiger charge is 2.27. The predicted octanol–water partition coefficient (Wildman–Crippen LogP) is 6.67. The topological polar surface area (TPSA) is 54.9 Å². The number of fused-ring (bicyclic) bond motifs is 1. The number of rotatable bonds is 14. The molecule has 1 aromatic carbocycles. The minimum Gasteiger partial charge on any atom is -0.324 e. The normalized spacial score (nSPS) is 13.3. The molecule has 0 saturated heterocycles. The molecule has 0 bridgehead atoms. The van der Waals surface area contributed by atoms with Crippen LogP contribution < -0.4 is 5.32 Å². The lowest BCUT2D eigenvalue weighted by Crippen LogP contribution is -2.30. The van der Waals surface area contributed by atoms with Gasteiger partial charge in [-0.25, -0.2) is 0 Å². The molecule has 1 aromatic heterocycles. The van der Waals surface area contributed by atoms with E-state index in [-0.39, 0.29) is 11.8 Å². The molecular weight excluding hydrogens is 378 g/mol. The van der Waals surface area contributed by atoms with E-state index in [1.807, 2.05) is 24.3 Å². The largest absolute Gasteiger partial charge is 0.324 e. The molecule has 2 rings (SSSR count). The van der Waals surface area contributed by atoms with Crippen LogP contribution in [-0.4, -0.2) is 21.9 Å². The van der Waals surface area contributed by atoms with Gasteiger partial charge in [-0.05, 0) is 36.6 Å². The van der Waals surface area contributed by atoms with Crippen molar-refractivity contribution in [1.82, 2.24) is 10.2 Å². The Labute approximate surface area is 181 Å². The highest BCUT2D eigenvalue weighted by atomic mass is 32.1. The van der Waals surface area contributed by atoms with Crippen molar-refractivity contribution in [1.29, 1.82) is 0 Å². The van der Waals surface area contributed by atoms with Crippen LogP contribution >= 0.6 is 12.6 Å². The highest BCUT2D eigenvalue weighted by molar-refractivity contribution is 7.80. The fourth-order valence-corrected chi connectivity index (χ4v) is 4.39. The maximum absolute atomic E-state index is 13.3. The zero-order chi connectivity index (χ0) is 20.9. The molecule has 0 spiro atoms. The van der Waals surface area contributed by atoms with Gasteiger partial charge in [0.25, 0.3) is 0 Å². The molecule has 1 amide bonds. The molecule has 0 aliphatic heterocycles. The van der Waals surface area contributed by atoms with Gasteiger partial charge in [0.1, 0.15) is 5.52 Å². The van der Waals surface area contributed by atoms with Gasteiger partial charge in [-0.2, -0.15) is 17.7 Å². The van der Waals surface area contributed by atoms with Crippen LogP contribution in [0.15, 0.2) is 30.5 Å². The fraction of sp³-hybridized carbons (Fsp3) is 0.625. The van der Waals surface area contributed by atoms with E-state index in [4.69, 9.17) is 0 Å². The van der Waals surface area contributed by atoms with Crippen LogP contribution in [0.1, 0.15) is 78.1 Å². The summed E-state index contributed by atoms with van der Waals surface area (Å²) in [5, 5.41) is 12.4. The molecule has 0 saturated carbocycles. The summed E-state index contributed by atoms with van der Waals surface area (Å²) in [4.78, 5) is 13.3. The third-order valence-corrected chi connectivity index (χ3v) is 6.21. The smallest absolute Gasteiger partial charge is 0.227 e. The molecular formula is C24H37N3OS. The summed E-state index contributed by atoms with van der Waals surface area (Å²) in [6, 6.07) is 7.78. The summed E-state index contributed by atoms with van der Waals surface area (Å²) >= 11 is 4.60. The van der Waals surface area contributed by atoms with Gasteiger partial charge in [-0.3, -0.25) is 4.79 Å². The van der Waals surface area contributed by atoms with Gasteiger partial charge in [-0.15, -0.1) is 5.10 Å². The summed E-state index contributed by atoms with van der Waals surface area (Å²) in [5.74, 6) is 1.17. The molecule has 29 heavy (non-hydrogen) atoms. The van der Waals surface area contributed by atoms with Crippen molar-refractivity contribution in [2.24, 2.45) is 11.8 Å². The number of carbonyl (C=O) groups excluding carboxylic acids is 1. The van der Waals surface area contributed by atoms with Crippen LogP contribution in [0.5, 0.6) is 0 Å².